The Labute approximate surface area is 234 Å². The number of nitrogens with zero attached hydrogens (tertiary/aromatic N) is 2. The number of aliphatic imine (C=N–C) groups is 1. The van der Waals surface area contributed by atoms with Crippen molar-refractivity contribution in [2.24, 2.45) is 10.9 Å². The van der Waals surface area contributed by atoms with Gasteiger partial charge in [0.25, 0.3) is 5.91 Å². The highest BCUT2D eigenvalue weighted by Gasteiger charge is 2.44. The first-order valence-corrected chi connectivity index (χ1v) is 16.3. The molecule has 0 aromatic heterocycles. The molecule has 0 spiro atoms. The topological polar surface area (TPSA) is 102 Å². The smallest absolute Gasteiger partial charge is 0.315 e. The van der Waals surface area contributed by atoms with Crippen LogP contribution in [-0.2, 0) is 11.2 Å². The zero-order valence-corrected chi connectivity index (χ0v) is 24.6. The van der Waals surface area contributed by atoms with E-state index in [2.05, 4.69) is 19.2 Å². The fourth-order valence-electron chi connectivity index (χ4n) is 5.08. The van der Waals surface area contributed by atoms with Crippen LogP contribution >= 0.6 is 7.72 Å². The van der Waals surface area contributed by atoms with Gasteiger partial charge in [-0.25, -0.2) is 14.8 Å². The van der Waals surface area contributed by atoms with Crippen LogP contribution in [-0.4, -0.2) is 57.2 Å². The molecule has 0 aliphatic heterocycles. The maximum absolute atomic E-state index is 13.2. The molecular weight excluding hydrogens is 509 g/mol. The van der Waals surface area contributed by atoms with Crippen LogP contribution in [0.3, 0.4) is 0 Å². The van der Waals surface area contributed by atoms with Crippen molar-refractivity contribution in [2.45, 2.75) is 78.2 Å². The molecule has 3 rings (SSSR count). The molecule has 1 unspecified atom stereocenters. The average Bonchev–Trinajstić information content (AvgIpc) is 2.93. The quantitative estimate of drug-likeness (QED) is 0.204. The number of benzene rings is 2. The van der Waals surface area contributed by atoms with E-state index in [0.717, 1.165) is 44.1 Å². The Bertz CT molecular complexity index is 1090. The Kier molecular flexibility index (Phi) is 12.1. The van der Waals surface area contributed by atoms with Crippen LogP contribution in [0.25, 0.3) is 0 Å². The van der Waals surface area contributed by atoms with Crippen molar-refractivity contribution in [3.8, 4) is 0 Å². The fourth-order valence-corrected chi connectivity index (χ4v) is 6.93. The molecule has 1 aliphatic rings. The van der Waals surface area contributed by atoms with Crippen molar-refractivity contribution in [3.05, 3.63) is 65.7 Å². The number of amides is 2. The van der Waals surface area contributed by atoms with Crippen molar-refractivity contribution in [1.82, 2.24) is 10.2 Å². The third-order valence-corrected chi connectivity index (χ3v) is 9.31. The predicted octanol–water partition coefficient (Wildman–Crippen LogP) is 6.14. The molecule has 0 bridgehead atoms. The Balaban J connectivity index is 1.85. The lowest BCUT2D eigenvalue weighted by Crippen LogP contribution is -2.40. The summed E-state index contributed by atoms with van der Waals surface area (Å²) in [5.74, 6) is -0.767. The first-order chi connectivity index (χ1) is 18.7. The van der Waals surface area contributed by atoms with Gasteiger partial charge in [-0.3, -0.25) is 9.59 Å². The van der Waals surface area contributed by atoms with Gasteiger partial charge in [-0.1, -0.05) is 69.5 Å². The van der Waals surface area contributed by atoms with E-state index < -0.39 is 13.6 Å². The number of rotatable bonds is 13. The molecule has 2 amide bonds. The summed E-state index contributed by atoms with van der Waals surface area (Å²) >= 11 is 0. The third kappa shape index (κ3) is 9.52. The fraction of sp³-hybridized carbons (Fsp3) is 0.516. The second-order valence-electron chi connectivity index (χ2n) is 10.7. The molecular formula is C31H45N3O4P+. The van der Waals surface area contributed by atoms with E-state index >= 15 is 0 Å². The number of carbonyl (C=O) groups is 2. The molecule has 212 valence electrons. The van der Waals surface area contributed by atoms with E-state index in [9.17, 15) is 19.4 Å². The Morgan fingerprint density at radius 3 is 2.31 bits per heavy atom. The summed E-state index contributed by atoms with van der Waals surface area (Å²) in [6.07, 6.45) is 7.29. The normalized spacial score (nSPS) is 15.6. The van der Waals surface area contributed by atoms with Gasteiger partial charge in [-0.2, -0.15) is 0 Å². The van der Waals surface area contributed by atoms with Crippen LogP contribution in [0, 0.1) is 5.92 Å². The zero-order valence-electron chi connectivity index (χ0n) is 23.7. The molecule has 2 aromatic rings. The highest BCUT2D eigenvalue weighted by Crippen LogP contribution is 2.54. The maximum Gasteiger partial charge on any atom is 0.315 e. The van der Waals surface area contributed by atoms with Crippen LogP contribution in [0.5, 0.6) is 0 Å². The van der Waals surface area contributed by atoms with E-state index in [-0.39, 0.29) is 35.9 Å². The lowest BCUT2D eigenvalue weighted by atomic mass is 9.95. The molecule has 1 fully saturated rings. The summed E-state index contributed by atoms with van der Waals surface area (Å²) < 4.78 is 0. The monoisotopic (exact) mass is 554 g/mol. The molecule has 3 N–H and O–H groups in total. The molecule has 0 radical (unpaired) electrons. The highest BCUT2D eigenvalue weighted by molar-refractivity contribution is 7.81. The van der Waals surface area contributed by atoms with Crippen molar-refractivity contribution >= 4 is 30.7 Å². The van der Waals surface area contributed by atoms with Crippen molar-refractivity contribution in [1.29, 1.82) is 0 Å². The molecule has 39 heavy (non-hydrogen) atoms. The van der Waals surface area contributed by atoms with Gasteiger partial charge < -0.3 is 10.2 Å². The van der Waals surface area contributed by atoms with Gasteiger partial charge >= 0.3 is 7.72 Å². The van der Waals surface area contributed by atoms with E-state index in [4.69, 9.17) is 4.99 Å². The lowest BCUT2D eigenvalue weighted by molar-refractivity contribution is -0.124. The van der Waals surface area contributed by atoms with Gasteiger partial charge in [0.15, 0.2) is 0 Å². The Hall–Kier alpha value is -2.60. The molecule has 1 saturated carbocycles. The van der Waals surface area contributed by atoms with E-state index in [1.54, 1.807) is 31.2 Å². The first kappa shape index (κ1) is 30.9. The molecule has 8 heteroatoms. The minimum Gasteiger partial charge on any atom is -0.353 e. The summed E-state index contributed by atoms with van der Waals surface area (Å²) in [4.78, 5) is 55.5. The minimum absolute atomic E-state index is 0.0533. The van der Waals surface area contributed by atoms with E-state index in [1.165, 1.54) is 6.42 Å². The molecule has 1 atom stereocenters. The second kappa shape index (κ2) is 15.3. The lowest BCUT2D eigenvalue weighted by Gasteiger charge is -2.25. The SMILES string of the molecule is CCCN(CCC)C(=O)c1cccc(N=C(Cc2ccccc2)[P+](O)(O)CC(C)C(=O)NC2CCCCC2)c1. The first-order valence-electron chi connectivity index (χ1n) is 14.4. The van der Waals surface area contributed by atoms with Gasteiger partial charge in [-0.15, -0.1) is 0 Å². The van der Waals surface area contributed by atoms with Crippen molar-refractivity contribution < 1.29 is 19.4 Å². The summed E-state index contributed by atoms with van der Waals surface area (Å²) in [7, 11) is -3.73. The van der Waals surface area contributed by atoms with Crippen LogP contribution in [0.4, 0.5) is 5.69 Å². The molecule has 1 aliphatic carbocycles. The molecule has 0 saturated heterocycles. The van der Waals surface area contributed by atoms with E-state index in [1.807, 2.05) is 35.2 Å². The number of carbonyl (C=O) groups excluding carboxylic acids is 2. The predicted molar refractivity (Wildman–Crippen MR) is 161 cm³/mol. The molecule has 2 aromatic carbocycles. The average molecular weight is 555 g/mol. The maximum atomic E-state index is 13.2. The van der Waals surface area contributed by atoms with Crippen LogP contribution in [0.1, 0.15) is 81.6 Å². The largest absolute Gasteiger partial charge is 0.353 e. The number of nitrogens with one attached hydrogen (secondary N) is 1. The van der Waals surface area contributed by atoms with E-state index in [0.29, 0.717) is 24.3 Å². The minimum atomic E-state index is -3.73. The Morgan fingerprint density at radius 2 is 1.67 bits per heavy atom. The van der Waals surface area contributed by atoms with Crippen LogP contribution < -0.4 is 5.32 Å². The summed E-state index contributed by atoms with van der Waals surface area (Å²) in [5, 5.41) is 3.11. The third-order valence-electron chi connectivity index (χ3n) is 7.17. The van der Waals surface area contributed by atoms with Crippen LogP contribution in [0.15, 0.2) is 59.6 Å². The van der Waals surface area contributed by atoms with Crippen LogP contribution in [0.2, 0.25) is 0 Å². The Morgan fingerprint density at radius 1 is 1.00 bits per heavy atom. The highest BCUT2D eigenvalue weighted by atomic mass is 31.2. The van der Waals surface area contributed by atoms with Gasteiger partial charge in [0.05, 0.1) is 18.0 Å². The number of hydrogen-bond donors (Lipinski definition) is 3. The van der Waals surface area contributed by atoms with Gasteiger partial charge in [0, 0.05) is 24.7 Å². The van der Waals surface area contributed by atoms with Gasteiger partial charge in [0.2, 0.25) is 11.4 Å². The summed E-state index contributed by atoms with van der Waals surface area (Å²) in [6.45, 7) is 7.21. The van der Waals surface area contributed by atoms with Crippen molar-refractivity contribution in [3.63, 3.8) is 0 Å². The number of hydrogen-bond acceptors (Lipinski definition) is 5. The molecule has 7 nitrogen and oxygen atoms in total. The second-order valence-corrected chi connectivity index (χ2v) is 13.0. The summed E-state index contributed by atoms with van der Waals surface area (Å²) in [5.41, 5.74) is 2.16. The van der Waals surface area contributed by atoms with Gasteiger partial charge in [-0.05, 0) is 56.4 Å². The van der Waals surface area contributed by atoms with Crippen molar-refractivity contribution in [2.75, 3.05) is 19.3 Å². The standard InChI is InChI=1S/C31H44N3O4P/c1-4-19-34(20-5-2)31(36)26-15-12-18-28(22-26)32-29(21-25-13-8-6-9-14-25)39(37,38)23-24(3)30(35)33-27-16-10-7-11-17-27/h6,8-9,12-15,18,22,24,27,37-38H,4-5,7,10-11,16-17,19-21,23H2,1-3H3/p+1. The van der Waals surface area contributed by atoms with Gasteiger partial charge in [0.1, 0.15) is 6.16 Å². The molecule has 0 heterocycles. The summed E-state index contributed by atoms with van der Waals surface area (Å²) in [6, 6.07) is 16.7. The zero-order chi connectivity index (χ0) is 28.3.